The van der Waals surface area contributed by atoms with Crippen molar-refractivity contribution in [3.63, 3.8) is 0 Å². The molecule has 2 aromatic rings. The molecule has 0 N–H and O–H groups in total. The summed E-state index contributed by atoms with van der Waals surface area (Å²) in [4.78, 5) is 32.8. The summed E-state index contributed by atoms with van der Waals surface area (Å²) in [5.41, 5.74) is -0.724. The second-order valence-corrected chi connectivity index (χ2v) is 6.16. The van der Waals surface area contributed by atoms with Gasteiger partial charge in [0.1, 0.15) is 0 Å². The van der Waals surface area contributed by atoms with Gasteiger partial charge in [0, 0.05) is 6.07 Å². The van der Waals surface area contributed by atoms with E-state index in [0.29, 0.717) is 0 Å². The van der Waals surface area contributed by atoms with Crippen molar-refractivity contribution in [2.45, 2.75) is 10.6 Å². The maximum atomic E-state index is 12.2. The molecule has 0 aromatic heterocycles. The van der Waals surface area contributed by atoms with E-state index in [9.17, 15) is 25.0 Å². The summed E-state index contributed by atoms with van der Waals surface area (Å²) in [5.74, 6) is -0.962. The number of nitro benzene ring substituents is 1. The molecule has 0 aliphatic carbocycles. The van der Waals surface area contributed by atoms with Gasteiger partial charge < -0.3 is 4.74 Å². The van der Waals surface area contributed by atoms with Gasteiger partial charge in [0.05, 0.1) is 21.0 Å². The summed E-state index contributed by atoms with van der Waals surface area (Å²) in [5, 5.41) is 22.4. The minimum Gasteiger partial charge on any atom is -0.443 e. The van der Waals surface area contributed by atoms with Crippen LogP contribution in [0.25, 0.3) is 0 Å². The van der Waals surface area contributed by atoms with Gasteiger partial charge in [-0.1, -0.05) is 30.3 Å². The SMILES string of the molecule is O=C(OC(c1ccccc1[N+](=O)[O-])C(Cl)(Cl)[N+](=O)[O-])c1ccccc1. The highest BCUT2D eigenvalue weighted by Crippen LogP contribution is 2.42. The largest absolute Gasteiger partial charge is 0.443 e. The van der Waals surface area contributed by atoms with Gasteiger partial charge in [-0.05, 0) is 41.4 Å². The third-order valence-electron chi connectivity index (χ3n) is 3.21. The van der Waals surface area contributed by atoms with E-state index in [4.69, 9.17) is 27.9 Å². The van der Waals surface area contributed by atoms with Crippen molar-refractivity contribution in [2.24, 2.45) is 0 Å². The number of carbonyl (C=O) groups excluding carboxylic acids is 1. The minimum absolute atomic E-state index is 0.0820. The highest BCUT2D eigenvalue weighted by molar-refractivity contribution is 6.47. The second-order valence-electron chi connectivity index (χ2n) is 4.81. The molecule has 0 saturated carbocycles. The molecule has 0 radical (unpaired) electrons. The fourth-order valence-corrected chi connectivity index (χ4v) is 2.37. The van der Waals surface area contributed by atoms with Crippen LogP contribution in [-0.2, 0) is 4.74 Å². The molecule has 0 fully saturated rings. The molecule has 1 atom stereocenters. The lowest BCUT2D eigenvalue weighted by molar-refractivity contribution is -0.528. The molecule has 0 bridgehead atoms. The number of rotatable bonds is 6. The Labute approximate surface area is 151 Å². The predicted octanol–water partition coefficient (Wildman–Crippen LogP) is 3.90. The topological polar surface area (TPSA) is 113 Å². The van der Waals surface area contributed by atoms with E-state index < -0.39 is 32.1 Å². The molecule has 0 amide bonds. The molecule has 10 heteroatoms. The van der Waals surface area contributed by atoms with Gasteiger partial charge in [-0.3, -0.25) is 20.2 Å². The van der Waals surface area contributed by atoms with Crippen molar-refractivity contribution in [3.05, 3.63) is 86.0 Å². The molecule has 0 heterocycles. The maximum absolute atomic E-state index is 12.2. The van der Waals surface area contributed by atoms with E-state index in [1.165, 1.54) is 30.3 Å². The third-order valence-corrected chi connectivity index (χ3v) is 3.88. The number of esters is 1. The second kappa shape index (κ2) is 7.45. The monoisotopic (exact) mass is 384 g/mol. The first kappa shape index (κ1) is 18.6. The summed E-state index contributed by atoms with van der Waals surface area (Å²) in [6.07, 6.45) is -1.90. The average Bonchev–Trinajstić information content (AvgIpc) is 2.59. The number of nitro groups is 2. The normalized spacial score (nSPS) is 12.2. The standard InChI is InChI=1S/C15H10Cl2N2O6/c16-15(17,19(23)24)13(11-8-4-5-9-12(11)18(21)22)25-14(20)10-6-2-1-3-7-10/h1-9,13H. The van der Waals surface area contributed by atoms with Gasteiger partial charge in [-0.2, -0.15) is 0 Å². The number of benzene rings is 2. The first-order valence-corrected chi connectivity index (χ1v) is 7.52. The van der Waals surface area contributed by atoms with Gasteiger partial charge >= 0.3 is 10.4 Å². The van der Waals surface area contributed by atoms with Crippen molar-refractivity contribution in [1.29, 1.82) is 0 Å². The molecule has 0 saturated heterocycles. The highest BCUT2D eigenvalue weighted by Gasteiger charge is 2.53. The van der Waals surface area contributed by atoms with Crippen molar-refractivity contribution < 1.29 is 19.4 Å². The molecule has 1 unspecified atom stereocenters. The van der Waals surface area contributed by atoms with Crippen LogP contribution < -0.4 is 0 Å². The van der Waals surface area contributed by atoms with Crippen LogP contribution in [-0.4, -0.2) is 20.3 Å². The Bertz CT molecular complexity index is 813. The lowest BCUT2D eigenvalue weighted by Gasteiger charge is -2.22. The number of ether oxygens (including phenoxy) is 1. The van der Waals surface area contributed by atoms with Crippen molar-refractivity contribution in [2.75, 3.05) is 0 Å². The van der Waals surface area contributed by atoms with Crippen molar-refractivity contribution in [1.82, 2.24) is 0 Å². The molecule has 8 nitrogen and oxygen atoms in total. The van der Waals surface area contributed by atoms with Crippen LogP contribution in [0.2, 0.25) is 0 Å². The molecule has 130 valence electrons. The lowest BCUT2D eigenvalue weighted by Crippen LogP contribution is -2.36. The van der Waals surface area contributed by atoms with E-state index in [-0.39, 0.29) is 11.1 Å². The zero-order valence-electron chi connectivity index (χ0n) is 12.4. The fourth-order valence-electron chi connectivity index (χ4n) is 2.04. The minimum atomic E-state index is -2.82. The summed E-state index contributed by atoms with van der Waals surface area (Å²) >= 11 is 11.5. The Kier molecular flexibility index (Phi) is 5.55. The molecule has 25 heavy (non-hydrogen) atoms. The molecule has 0 aliphatic heterocycles. The molecule has 2 aromatic carbocycles. The average molecular weight is 385 g/mol. The first-order valence-electron chi connectivity index (χ1n) is 6.76. The van der Waals surface area contributed by atoms with Crippen LogP contribution in [0.3, 0.4) is 0 Å². The summed E-state index contributed by atoms with van der Waals surface area (Å²) in [6, 6.07) is 12.6. The van der Waals surface area contributed by atoms with Crippen LogP contribution in [0.5, 0.6) is 0 Å². The van der Waals surface area contributed by atoms with Gasteiger partial charge in [-0.15, -0.1) is 0 Å². The molecular weight excluding hydrogens is 375 g/mol. The van der Waals surface area contributed by atoms with Crippen LogP contribution in [0, 0.1) is 20.2 Å². The summed E-state index contributed by atoms with van der Waals surface area (Å²) in [6.45, 7) is 0. The van der Waals surface area contributed by atoms with Gasteiger partial charge in [0.2, 0.25) is 6.10 Å². The lowest BCUT2D eigenvalue weighted by atomic mass is 10.1. The third kappa shape index (κ3) is 4.04. The Morgan fingerprint density at radius 2 is 1.56 bits per heavy atom. The molecule has 2 rings (SSSR count). The number of para-hydroxylation sites is 1. The highest BCUT2D eigenvalue weighted by atomic mass is 35.5. The number of halogens is 2. The van der Waals surface area contributed by atoms with E-state index >= 15 is 0 Å². The van der Waals surface area contributed by atoms with E-state index in [1.807, 2.05) is 0 Å². The smallest absolute Gasteiger partial charge is 0.411 e. The first-order chi connectivity index (χ1) is 11.7. The van der Waals surface area contributed by atoms with Crippen LogP contribution >= 0.6 is 23.2 Å². The van der Waals surface area contributed by atoms with Crippen LogP contribution in [0.1, 0.15) is 22.0 Å². The van der Waals surface area contributed by atoms with E-state index in [0.717, 1.165) is 6.07 Å². The van der Waals surface area contributed by atoms with Gasteiger partial charge in [0.15, 0.2) is 0 Å². The van der Waals surface area contributed by atoms with Crippen LogP contribution in [0.4, 0.5) is 5.69 Å². The number of alkyl halides is 2. The Hall–Kier alpha value is -2.71. The van der Waals surface area contributed by atoms with Gasteiger partial charge in [-0.25, -0.2) is 4.79 Å². The van der Waals surface area contributed by atoms with Crippen molar-refractivity contribution >= 4 is 34.9 Å². The van der Waals surface area contributed by atoms with Gasteiger partial charge in [0.25, 0.3) is 5.69 Å². The Balaban J connectivity index is 2.50. The zero-order chi connectivity index (χ0) is 18.6. The predicted molar refractivity (Wildman–Crippen MR) is 89.1 cm³/mol. The number of hydrogen-bond acceptors (Lipinski definition) is 6. The fraction of sp³-hybridized carbons (Fsp3) is 0.133. The molecular formula is C15H10Cl2N2O6. The van der Waals surface area contributed by atoms with E-state index in [2.05, 4.69) is 0 Å². The summed E-state index contributed by atoms with van der Waals surface area (Å²) < 4.78 is 2.27. The zero-order valence-corrected chi connectivity index (χ0v) is 13.9. The molecule has 0 spiro atoms. The Morgan fingerprint density at radius 3 is 2.12 bits per heavy atom. The number of hydrogen-bond donors (Lipinski definition) is 0. The van der Waals surface area contributed by atoms with Crippen LogP contribution in [0.15, 0.2) is 54.6 Å². The molecule has 0 aliphatic rings. The quantitative estimate of drug-likeness (QED) is 0.245. The maximum Gasteiger partial charge on any atom is 0.411 e. The number of carbonyl (C=O) groups is 1. The summed E-state index contributed by atoms with van der Waals surface area (Å²) in [7, 11) is 0. The van der Waals surface area contributed by atoms with E-state index in [1.54, 1.807) is 18.2 Å². The number of nitrogens with zero attached hydrogens (tertiary/aromatic N) is 2. The Morgan fingerprint density at radius 1 is 1.00 bits per heavy atom. The van der Waals surface area contributed by atoms with Crippen molar-refractivity contribution in [3.8, 4) is 0 Å².